The number of allylic oxidation sites excluding steroid dienone is 18. The number of ether oxygens (including phenoxy) is 5. The Morgan fingerprint density at radius 1 is 0.430 bits per heavy atom. The van der Waals surface area contributed by atoms with Crippen LogP contribution in [-0.4, -0.2) is 89.2 Å². The Balaban J connectivity index is 2.68. The number of aliphatic hydroxyl groups excluding tert-OH is 2. The molecule has 1 aliphatic rings. The number of carbonyl (C=O) groups excluding carboxylic acids is 3. The van der Waals surface area contributed by atoms with Gasteiger partial charge in [0.25, 0.3) is 0 Å². The molecular formula is C67H108O12. The Kier molecular flexibility index (Phi) is 49.5. The van der Waals surface area contributed by atoms with Crippen molar-refractivity contribution in [3.05, 3.63) is 109 Å². The summed E-state index contributed by atoms with van der Waals surface area (Å²) in [5, 5.41) is 31.5. The van der Waals surface area contributed by atoms with E-state index in [1.165, 1.54) is 0 Å². The van der Waals surface area contributed by atoms with Crippen LogP contribution in [0.3, 0.4) is 0 Å². The maximum Gasteiger partial charge on any atom is 0.335 e. The lowest BCUT2D eigenvalue weighted by Crippen LogP contribution is -2.61. The van der Waals surface area contributed by atoms with Gasteiger partial charge in [0.15, 0.2) is 24.6 Å². The molecule has 0 bridgehead atoms. The van der Waals surface area contributed by atoms with Crippen molar-refractivity contribution in [3.8, 4) is 0 Å². The van der Waals surface area contributed by atoms with Gasteiger partial charge < -0.3 is 39.0 Å². The summed E-state index contributed by atoms with van der Waals surface area (Å²) in [6.45, 7) is 5.68. The molecule has 0 aliphatic carbocycles. The molecule has 0 radical (unpaired) electrons. The van der Waals surface area contributed by atoms with Gasteiger partial charge in [-0.15, -0.1) is 0 Å². The van der Waals surface area contributed by atoms with Gasteiger partial charge in [-0.1, -0.05) is 214 Å². The zero-order chi connectivity index (χ0) is 57.5. The van der Waals surface area contributed by atoms with Crippen molar-refractivity contribution in [2.45, 2.75) is 276 Å². The first-order valence-electron chi connectivity index (χ1n) is 30.9. The van der Waals surface area contributed by atoms with Gasteiger partial charge in [0.05, 0.1) is 6.61 Å². The zero-order valence-corrected chi connectivity index (χ0v) is 49.3. The summed E-state index contributed by atoms with van der Waals surface area (Å²) in [7, 11) is 0. The van der Waals surface area contributed by atoms with Crippen LogP contribution in [0.2, 0.25) is 0 Å². The van der Waals surface area contributed by atoms with Crippen molar-refractivity contribution in [2.24, 2.45) is 0 Å². The molecule has 1 heterocycles. The number of carboxylic acids is 1. The van der Waals surface area contributed by atoms with E-state index in [0.29, 0.717) is 19.3 Å². The second-order valence-corrected chi connectivity index (χ2v) is 20.6. The maximum absolute atomic E-state index is 13.2. The van der Waals surface area contributed by atoms with E-state index in [9.17, 15) is 34.5 Å². The second kappa shape index (κ2) is 54.0. The first kappa shape index (κ1) is 72.4. The maximum atomic E-state index is 13.2. The Labute approximate surface area is 478 Å². The van der Waals surface area contributed by atoms with Crippen molar-refractivity contribution < 1.29 is 58.2 Å². The number of aliphatic hydroxyl groups is 2. The van der Waals surface area contributed by atoms with Crippen LogP contribution in [-0.2, 0) is 42.9 Å². The second-order valence-electron chi connectivity index (χ2n) is 20.6. The SMILES string of the molecule is CC/C=C\C/C=C\C/C=C\C/C=C\CCCCCCCCC(=O)OCC(COC1OC(C(=O)O)C(O)C(O)C1OC(=O)CCCCCCCCC/C=C\C/C=C\C/C=C\CC)OC(=O)CCCCCCC/C=C\C/C=C\CCC. The van der Waals surface area contributed by atoms with Crippen molar-refractivity contribution >= 4 is 23.9 Å². The highest BCUT2D eigenvalue weighted by Gasteiger charge is 2.50. The van der Waals surface area contributed by atoms with Crippen LogP contribution in [0.25, 0.3) is 0 Å². The highest BCUT2D eigenvalue weighted by molar-refractivity contribution is 5.74. The van der Waals surface area contributed by atoms with Gasteiger partial charge in [-0.3, -0.25) is 14.4 Å². The standard InChI is InChI=1S/C67H108O12/c1-4-7-10-13-16-19-22-25-27-29-30-32-33-36-38-41-44-47-50-53-59(68)75-56-58(77-60(69)54-51-48-45-42-39-35-24-21-18-15-12-9-6-3)57-76-67-65(63(72)62(71)64(79-67)66(73)74)78-61(70)55-52-49-46-43-40-37-34-31-28-26-23-20-17-14-11-8-5-2/h7-8,10-12,15-17,19-21,24-28,30,32,58,62-65,67,71-72H,4-6,9,13-14,18,22-23,29,31,33-57H2,1-3H3,(H,73,74)/b10-7-,11-8-,15-12-,19-16-,20-17-,24-21-,27-25-,28-26-,32-30-. The van der Waals surface area contributed by atoms with E-state index in [1.807, 2.05) is 0 Å². The van der Waals surface area contributed by atoms with Gasteiger partial charge in [0.1, 0.15) is 18.8 Å². The summed E-state index contributed by atoms with van der Waals surface area (Å²) < 4.78 is 28.4. The number of unbranched alkanes of at least 4 members (excludes halogenated alkanes) is 19. The van der Waals surface area contributed by atoms with Crippen molar-refractivity contribution in [2.75, 3.05) is 13.2 Å². The fraction of sp³-hybridized carbons (Fsp3) is 0.672. The molecule has 1 rings (SSSR count). The third-order valence-electron chi connectivity index (χ3n) is 13.3. The molecule has 0 amide bonds. The molecule has 1 aliphatic heterocycles. The van der Waals surface area contributed by atoms with E-state index in [-0.39, 0.29) is 25.9 Å². The Hall–Kier alpha value is -4.62. The first-order chi connectivity index (χ1) is 38.6. The minimum absolute atomic E-state index is 0.0411. The van der Waals surface area contributed by atoms with Crippen LogP contribution in [0, 0.1) is 0 Å². The summed E-state index contributed by atoms with van der Waals surface area (Å²) >= 11 is 0. The summed E-state index contributed by atoms with van der Waals surface area (Å²) in [6, 6.07) is 0. The number of carboxylic acid groups (broad SMARTS) is 1. The molecule has 0 aromatic rings. The number of rotatable bonds is 51. The number of hydrogen-bond acceptors (Lipinski definition) is 11. The molecule has 12 heteroatoms. The third kappa shape index (κ3) is 43.8. The van der Waals surface area contributed by atoms with Gasteiger partial charge in [0.2, 0.25) is 0 Å². The highest BCUT2D eigenvalue weighted by atomic mass is 16.7. The topological polar surface area (TPSA) is 175 Å². The molecule has 3 N–H and O–H groups in total. The molecule has 0 aromatic carbocycles. The number of aliphatic carboxylic acids is 1. The highest BCUT2D eigenvalue weighted by Crippen LogP contribution is 2.26. The third-order valence-corrected chi connectivity index (χ3v) is 13.3. The van der Waals surface area contributed by atoms with Crippen LogP contribution < -0.4 is 0 Å². The van der Waals surface area contributed by atoms with Crippen LogP contribution in [0.4, 0.5) is 0 Å². The normalized spacial score (nSPS) is 18.6. The van der Waals surface area contributed by atoms with Crippen molar-refractivity contribution in [3.63, 3.8) is 0 Å². The van der Waals surface area contributed by atoms with E-state index in [0.717, 1.165) is 180 Å². The van der Waals surface area contributed by atoms with Crippen molar-refractivity contribution in [1.29, 1.82) is 0 Å². The van der Waals surface area contributed by atoms with E-state index in [4.69, 9.17) is 23.7 Å². The lowest BCUT2D eigenvalue weighted by molar-refractivity contribution is -0.301. The predicted molar refractivity (Wildman–Crippen MR) is 321 cm³/mol. The number of esters is 3. The van der Waals surface area contributed by atoms with Crippen LogP contribution >= 0.6 is 0 Å². The van der Waals surface area contributed by atoms with Crippen LogP contribution in [0.1, 0.15) is 239 Å². The van der Waals surface area contributed by atoms with Gasteiger partial charge >= 0.3 is 23.9 Å². The Morgan fingerprint density at radius 3 is 1.22 bits per heavy atom. The van der Waals surface area contributed by atoms with E-state index in [1.54, 1.807) is 0 Å². The molecule has 0 saturated carbocycles. The largest absolute Gasteiger partial charge is 0.479 e. The van der Waals surface area contributed by atoms with Gasteiger partial charge in [-0.05, 0) is 116 Å². The van der Waals surface area contributed by atoms with E-state index < -0.39 is 67.3 Å². The minimum atomic E-state index is -1.92. The smallest absolute Gasteiger partial charge is 0.335 e. The fourth-order valence-electron chi connectivity index (χ4n) is 8.65. The van der Waals surface area contributed by atoms with E-state index >= 15 is 0 Å². The minimum Gasteiger partial charge on any atom is -0.479 e. The number of carbonyl (C=O) groups is 4. The summed E-state index contributed by atoms with van der Waals surface area (Å²) in [6.07, 6.45) is 60.5. The molecule has 1 saturated heterocycles. The van der Waals surface area contributed by atoms with Crippen LogP contribution in [0.15, 0.2) is 109 Å². The quantitative estimate of drug-likeness (QED) is 0.0228. The molecule has 0 aromatic heterocycles. The molecule has 12 nitrogen and oxygen atoms in total. The molecular weight excluding hydrogens is 997 g/mol. The summed E-state index contributed by atoms with van der Waals surface area (Å²) in [5.41, 5.74) is 0. The molecule has 6 unspecified atom stereocenters. The zero-order valence-electron chi connectivity index (χ0n) is 49.3. The average molecular weight is 1110 g/mol. The van der Waals surface area contributed by atoms with Crippen LogP contribution in [0.5, 0.6) is 0 Å². The van der Waals surface area contributed by atoms with Crippen molar-refractivity contribution in [1.82, 2.24) is 0 Å². The molecule has 79 heavy (non-hydrogen) atoms. The van der Waals surface area contributed by atoms with Gasteiger partial charge in [-0.2, -0.15) is 0 Å². The first-order valence-corrected chi connectivity index (χ1v) is 30.9. The molecule has 1 fully saturated rings. The van der Waals surface area contributed by atoms with E-state index in [2.05, 4.69) is 130 Å². The summed E-state index contributed by atoms with van der Waals surface area (Å²) in [4.78, 5) is 51.2. The lowest BCUT2D eigenvalue weighted by atomic mass is 9.98. The lowest BCUT2D eigenvalue weighted by Gasteiger charge is -2.40. The van der Waals surface area contributed by atoms with Gasteiger partial charge in [-0.25, -0.2) is 4.79 Å². The molecule has 0 spiro atoms. The Morgan fingerprint density at radius 2 is 0.797 bits per heavy atom. The predicted octanol–water partition coefficient (Wildman–Crippen LogP) is 16.2. The monoisotopic (exact) mass is 1100 g/mol. The molecule has 6 atom stereocenters. The Bertz CT molecular complexity index is 1790. The fourth-order valence-corrected chi connectivity index (χ4v) is 8.65. The molecule has 448 valence electrons. The average Bonchev–Trinajstić information content (AvgIpc) is 3.47. The van der Waals surface area contributed by atoms with Gasteiger partial charge in [0, 0.05) is 19.3 Å². The summed E-state index contributed by atoms with van der Waals surface area (Å²) in [5.74, 6) is -3.18. The number of hydrogen-bond donors (Lipinski definition) is 3.